The van der Waals surface area contributed by atoms with Crippen molar-refractivity contribution in [1.82, 2.24) is 0 Å². The molecule has 0 atom stereocenters. The second-order valence-electron chi connectivity index (χ2n) is 6.22. The van der Waals surface area contributed by atoms with Crippen LogP contribution in [0.1, 0.15) is 50.9 Å². The lowest BCUT2D eigenvalue weighted by atomic mass is 10.2. The normalized spacial score (nSPS) is 10.3. The Hall–Kier alpha value is -1.83. The van der Waals surface area contributed by atoms with Crippen LogP contribution in [0.15, 0.2) is 48.8 Å². The summed E-state index contributed by atoms with van der Waals surface area (Å²) in [5, 5.41) is 0. The number of hydrogen-bond acceptors (Lipinski definition) is 4. The van der Waals surface area contributed by atoms with Gasteiger partial charge in [0.15, 0.2) is 23.8 Å². The van der Waals surface area contributed by atoms with Crippen LogP contribution in [0.25, 0.3) is 0 Å². The third kappa shape index (κ3) is 15.0. The first kappa shape index (κ1) is 25.2. The molecule has 2 aromatic rings. The molecule has 27 heavy (non-hydrogen) atoms. The molecule has 0 aromatic carbocycles. The molecule has 0 fully saturated rings. The first-order valence-corrected chi connectivity index (χ1v) is 10.6. The zero-order chi connectivity index (χ0) is 20.7. The van der Waals surface area contributed by atoms with E-state index in [-0.39, 0.29) is 0 Å². The van der Waals surface area contributed by atoms with Crippen LogP contribution in [0.4, 0.5) is 0 Å². The van der Waals surface area contributed by atoms with E-state index < -0.39 is 10.4 Å². The second kappa shape index (κ2) is 14.3. The molecule has 2 rings (SSSR count). The summed E-state index contributed by atoms with van der Waals surface area (Å²) >= 11 is 0. The average Bonchev–Trinajstić information content (AvgIpc) is 2.60. The molecule has 0 saturated carbocycles. The van der Waals surface area contributed by atoms with Crippen molar-refractivity contribution in [2.24, 2.45) is 14.1 Å². The van der Waals surface area contributed by atoms with Crippen molar-refractivity contribution in [2.45, 2.75) is 52.4 Å². The molecule has 0 aliphatic carbocycles. The topological polar surface area (TPSA) is 88.0 Å². The van der Waals surface area contributed by atoms with Crippen LogP contribution in [-0.4, -0.2) is 17.5 Å². The number of rotatable bonds is 6. The summed E-state index contributed by atoms with van der Waals surface area (Å²) in [6.07, 6.45) is 11.7. The molecule has 0 saturated heterocycles. The van der Waals surface area contributed by atoms with Gasteiger partial charge in [-0.05, 0) is 12.8 Å². The molecule has 0 amide bonds. The lowest BCUT2D eigenvalue weighted by molar-refractivity contribution is -0.679. The van der Waals surface area contributed by atoms with Gasteiger partial charge >= 0.3 is 0 Å². The van der Waals surface area contributed by atoms with Gasteiger partial charge in [-0.3, -0.25) is 8.42 Å². The van der Waals surface area contributed by atoms with Crippen molar-refractivity contribution in [1.29, 1.82) is 0 Å². The lowest BCUT2D eigenvalue weighted by Gasteiger charge is -2.06. The van der Waals surface area contributed by atoms with Crippen LogP contribution in [0.2, 0.25) is 0 Å². The Kier molecular flexibility index (Phi) is 13.3. The predicted octanol–water partition coefficient (Wildman–Crippen LogP) is 2.37. The van der Waals surface area contributed by atoms with Gasteiger partial charge < -0.3 is 9.11 Å². The van der Waals surface area contributed by atoms with Crippen LogP contribution in [0.3, 0.4) is 0 Å². The van der Waals surface area contributed by atoms with E-state index in [2.05, 4.69) is 85.9 Å². The monoisotopic (exact) mass is 396 g/mol. The Balaban J connectivity index is 0.000000405. The van der Waals surface area contributed by atoms with E-state index >= 15 is 0 Å². The highest BCUT2D eigenvalue weighted by atomic mass is 32.3. The molecular formula is C20H32N2O4S. The summed E-state index contributed by atoms with van der Waals surface area (Å²) in [4.78, 5) is 0. The van der Waals surface area contributed by atoms with Crippen molar-refractivity contribution < 1.29 is 26.7 Å². The first-order chi connectivity index (χ1) is 12.7. The molecule has 2 heterocycles. The number of hydrogen-bond donors (Lipinski definition) is 0. The van der Waals surface area contributed by atoms with E-state index in [1.165, 1.54) is 49.9 Å². The number of unbranched alkanes of at least 4 members (excludes halogenated alkanes) is 2. The minimum atomic E-state index is -5.17. The van der Waals surface area contributed by atoms with Crippen LogP contribution in [-0.2, 0) is 37.3 Å². The smallest absolute Gasteiger partial charge is 0.181 e. The van der Waals surface area contributed by atoms with E-state index in [4.69, 9.17) is 17.5 Å². The van der Waals surface area contributed by atoms with E-state index in [9.17, 15) is 0 Å². The van der Waals surface area contributed by atoms with Gasteiger partial charge in [0, 0.05) is 47.5 Å². The summed E-state index contributed by atoms with van der Waals surface area (Å²) in [6.45, 7) is 4.45. The Labute approximate surface area is 164 Å². The van der Waals surface area contributed by atoms with E-state index in [0.29, 0.717) is 0 Å². The van der Waals surface area contributed by atoms with E-state index in [1.54, 1.807) is 0 Å². The van der Waals surface area contributed by atoms with Gasteiger partial charge in [0.1, 0.15) is 14.1 Å². The largest absolute Gasteiger partial charge is 0.759 e. The SMILES string of the molecule is CCCCc1cccc[n+]1C.CCCCc1cccc[n+]1C.O=S(=O)([O-])[O-]. The second-order valence-corrected chi connectivity index (χ2v) is 7.04. The standard InChI is InChI=1S/2C10H16N.H2O4S/c2*1-3-4-7-10-8-5-6-9-11(10)2;1-5(2,3)4/h2*5-6,8-9H,3-4,7H2,1-2H3;(H2,1,2,3,4)/q2*+1;/p-2. The van der Waals surface area contributed by atoms with Crippen LogP contribution in [0.5, 0.6) is 0 Å². The molecule has 0 bridgehead atoms. The van der Waals surface area contributed by atoms with Gasteiger partial charge in [0.05, 0.1) is 0 Å². The molecule has 6 nitrogen and oxygen atoms in total. The minimum Gasteiger partial charge on any atom is -0.759 e. The summed E-state index contributed by atoms with van der Waals surface area (Å²) in [5.74, 6) is 0. The maximum absolute atomic E-state index is 8.52. The van der Waals surface area contributed by atoms with Gasteiger partial charge in [-0.2, -0.15) is 0 Å². The molecule has 0 spiro atoms. The van der Waals surface area contributed by atoms with Crippen molar-refractivity contribution in [3.8, 4) is 0 Å². The van der Waals surface area contributed by atoms with E-state index in [1.807, 2.05) is 0 Å². The Morgan fingerprint density at radius 1 is 0.778 bits per heavy atom. The number of nitrogens with zero attached hydrogens (tertiary/aromatic N) is 2. The van der Waals surface area contributed by atoms with Crippen molar-refractivity contribution in [3.63, 3.8) is 0 Å². The zero-order valence-corrected chi connectivity index (χ0v) is 17.6. The van der Waals surface area contributed by atoms with Crippen LogP contribution >= 0.6 is 0 Å². The molecule has 0 unspecified atom stereocenters. The fraction of sp³-hybridized carbons (Fsp3) is 0.500. The van der Waals surface area contributed by atoms with Gasteiger partial charge in [0.25, 0.3) is 0 Å². The fourth-order valence-electron chi connectivity index (χ4n) is 2.35. The fourth-order valence-corrected chi connectivity index (χ4v) is 2.35. The molecule has 0 radical (unpaired) electrons. The van der Waals surface area contributed by atoms with Crippen molar-refractivity contribution in [3.05, 3.63) is 60.2 Å². The van der Waals surface area contributed by atoms with Crippen molar-refractivity contribution in [2.75, 3.05) is 0 Å². The highest BCUT2D eigenvalue weighted by molar-refractivity contribution is 7.79. The number of pyridine rings is 2. The molecule has 152 valence electrons. The Bertz CT molecular complexity index is 692. The maximum Gasteiger partial charge on any atom is 0.181 e. The van der Waals surface area contributed by atoms with Gasteiger partial charge in [-0.25, -0.2) is 9.13 Å². The lowest BCUT2D eigenvalue weighted by Crippen LogP contribution is -2.32. The minimum absolute atomic E-state index is 1.20. The maximum atomic E-state index is 8.52. The summed E-state index contributed by atoms with van der Waals surface area (Å²) in [6, 6.07) is 12.7. The predicted molar refractivity (Wildman–Crippen MR) is 103 cm³/mol. The zero-order valence-electron chi connectivity index (χ0n) is 16.8. The highest BCUT2D eigenvalue weighted by Gasteiger charge is 2.02. The Morgan fingerprint density at radius 3 is 1.37 bits per heavy atom. The van der Waals surface area contributed by atoms with Crippen LogP contribution < -0.4 is 9.13 Å². The van der Waals surface area contributed by atoms with Gasteiger partial charge in [0.2, 0.25) is 0 Å². The molecular weight excluding hydrogens is 364 g/mol. The molecule has 0 aliphatic heterocycles. The number of aromatic nitrogens is 2. The highest BCUT2D eigenvalue weighted by Crippen LogP contribution is 1.98. The van der Waals surface area contributed by atoms with Gasteiger partial charge in [-0.1, -0.05) is 38.8 Å². The Morgan fingerprint density at radius 2 is 1.11 bits per heavy atom. The molecule has 0 N–H and O–H groups in total. The average molecular weight is 397 g/mol. The third-order valence-electron chi connectivity index (χ3n) is 3.90. The molecule has 0 aliphatic rings. The quantitative estimate of drug-likeness (QED) is 0.426. The third-order valence-corrected chi connectivity index (χ3v) is 3.90. The van der Waals surface area contributed by atoms with E-state index in [0.717, 1.165) is 0 Å². The van der Waals surface area contributed by atoms with Crippen molar-refractivity contribution >= 4 is 10.4 Å². The summed E-state index contributed by atoms with van der Waals surface area (Å²) in [5.41, 5.74) is 2.85. The number of aryl methyl sites for hydroxylation is 4. The summed E-state index contributed by atoms with van der Waals surface area (Å²) in [7, 11) is -0.962. The first-order valence-electron chi connectivity index (χ1n) is 9.22. The summed E-state index contributed by atoms with van der Waals surface area (Å²) < 4.78 is 38.5. The van der Waals surface area contributed by atoms with Crippen LogP contribution in [0, 0.1) is 0 Å². The van der Waals surface area contributed by atoms with Gasteiger partial charge in [-0.15, -0.1) is 0 Å². The molecule has 2 aromatic heterocycles. The molecule has 7 heteroatoms.